The maximum atomic E-state index is 13.1. The van der Waals surface area contributed by atoms with Crippen molar-refractivity contribution in [3.05, 3.63) is 24.0 Å². The minimum Gasteiger partial charge on any atom is -0.361 e. The van der Waals surface area contributed by atoms with E-state index in [0.717, 1.165) is 61.3 Å². The summed E-state index contributed by atoms with van der Waals surface area (Å²) in [6.07, 6.45) is 8.64. The number of carbonyl (C=O) groups excluding carboxylic acids is 2. The molecule has 0 spiro atoms. The third kappa shape index (κ3) is 4.61. The van der Waals surface area contributed by atoms with E-state index in [1.54, 1.807) is 6.20 Å². The number of fused-ring (bicyclic) bond motifs is 3. The first-order chi connectivity index (χ1) is 15.3. The summed E-state index contributed by atoms with van der Waals surface area (Å²) in [5, 5.41) is 1.01. The van der Waals surface area contributed by atoms with Gasteiger partial charge in [-0.1, -0.05) is 19.6 Å². The van der Waals surface area contributed by atoms with Crippen LogP contribution in [-0.4, -0.2) is 60.6 Å². The summed E-state index contributed by atoms with van der Waals surface area (Å²) >= 11 is 0. The zero-order valence-electron chi connectivity index (χ0n) is 19.8. The highest BCUT2D eigenvalue weighted by molar-refractivity contribution is 6.76. The molecule has 4 rings (SSSR count). The van der Waals surface area contributed by atoms with Crippen LogP contribution in [0, 0.1) is 5.92 Å². The molecule has 0 bridgehead atoms. The third-order valence-corrected chi connectivity index (χ3v) is 8.58. The molecule has 7 nitrogen and oxygen atoms in total. The highest BCUT2D eigenvalue weighted by Crippen LogP contribution is 2.39. The van der Waals surface area contributed by atoms with Gasteiger partial charge in [-0.25, -0.2) is 4.98 Å². The minimum atomic E-state index is -1.13. The molecule has 1 fully saturated rings. The molecule has 3 heterocycles. The highest BCUT2D eigenvalue weighted by atomic mass is 28.3. The summed E-state index contributed by atoms with van der Waals surface area (Å²) in [7, 11) is -1.13. The predicted octanol–water partition coefficient (Wildman–Crippen LogP) is 4.35. The van der Waals surface area contributed by atoms with E-state index in [-0.39, 0.29) is 11.8 Å². The van der Waals surface area contributed by atoms with Crippen LogP contribution in [-0.2, 0) is 16.3 Å². The van der Waals surface area contributed by atoms with Gasteiger partial charge in [0.2, 0.25) is 0 Å². The Labute approximate surface area is 191 Å². The van der Waals surface area contributed by atoms with Gasteiger partial charge in [-0.15, -0.1) is 0 Å². The summed E-state index contributed by atoms with van der Waals surface area (Å²) in [6.45, 7) is 11.6. The van der Waals surface area contributed by atoms with Gasteiger partial charge in [0.05, 0.1) is 17.9 Å². The molecule has 1 saturated carbocycles. The van der Waals surface area contributed by atoms with Gasteiger partial charge in [-0.3, -0.25) is 4.79 Å². The molecule has 2 aromatic rings. The lowest BCUT2D eigenvalue weighted by atomic mass is 9.85. The Bertz CT molecular complexity index is 976. The molecule has 32 heavy (non-hydrogen) atoms. The van der Waals surface area contributed by atoms with E-state index in [1.165, 1.54) is 0 Å². The van der Waals surface area contributed by atoms with Gasteiger partial charge in [0.15, 0.2) is 0 Å². The van der Waals surface area contributed by atoms with Crippen molar-refractivity contribution in [1.29, 1.82) is 0 Å². The first-order valence-electron chi connectivity index (χ1n) is 11.9. The Balaban J connectivity index is 1.63. The van der Waals surface area contributed by atoms with Crippen molar-refractivity contribution >= 4 is 37.0 Å². The van der Waals surface area contributed by atoms with Gasteiger partial charge in [0.25, 0.3) is 5.91 Å². The second kappa shape index (κ2) is 9.35. The molecule has 0 radical (unpaired) electrons. The lowest BCUT2D eigenvalue weighted by molar-refractivity contribution is -0.111. The van der Waals surface area contributed by atoms with Crippen LogP contribution in [0.4, 0.5) is 5.69 Å². The number of anilines is 1. The molecular weight excluding hydrogens is 420 g/mol. The molecule has 0 aromatic carbocycles. The van der Waals surface area contributed by atoms with E-state index in [2.05, 4.69) is 35.6 Å². The largest absolute Gasteiger partial charge is 0.361 e. The van der Waals surface area contributed by atoms with Crippen molar-refractivity contribution in [2.24, 2.45) is 5.92 Å². The fourth-order valence-electron chi connectivity index (χ4n) is 4.82. The van der Waals surface area contributed by atoms with Crippen molar-refractivity contribution < 1.29 is 14.3 Å². The second-order valence-corrected chi connectivity index (χ2v) is 16.0. The summed E-state index contributed by atoms with van der Waals surface area (Å²) in [6, 6.07) is 3.53. The summed E-state index contributed by atoms with van der Waals surface area (Å²) < 4.78 is 8.00. The number of hydrogen-bond donors (Lipinski definition) is 0. The summed E-state index contributed by atoms with van der Waals surface area (Å²) in [5.41, 5.74) is 2.54. The standard InChI is InChI=1S/C24H36N4O3Si/c1-5-26-16-28(19-8-6-18(15-29)7-9-19)22-20-10-11-27(17-31-12-13-32(2,3)4)23(20)25-14-21(22)24(26)30/h10-11,14-15,18-19H,5-9,12-13,16-17H2,1-4H3. The topological polar surface area (TPSA) is 67.7 Å². The van der Waals surface area contributed by atoms with Gasteiger partial charge in [0.1, 0.15) is 18.7 Å². The summed E-state index contributed by atoms with van der Waals surface area (Å²) in [4.78, 5) is 33.3. The Kier molecular flexibility index (Phi) is 6.72. The van der Waals surface area contributed by atoms with Crippen LogP contribution in [0.5, 0.6) is 0 Å². The van der Waals surface area contributed by atoms with Crippen LogP contribution in [0.3, 0.4) is 0 Å². The Morgan fingerprint density at radius 1 is 1.22 bits per heavy atom. The smallest absolute Gasteiger partial charge is 0.258 e. The van der Waals surface area contributed by atoms with Crippen LogP contribution in [0.15, 0.2) is 18.5 Å². The maximum Gasteiger partial charge on any atom is 0.258 e. The first kappa shape index (κ1) is 23.0. The number of hydrogen-bond acceptors (Lipinski definition) is 5. The zero-order chi connectivity index (χ0) is 22.9. The lowest BCUT2D eigenvalue weighted by Crippen LogP contribution is -2.51. The van der Waals surface area contributed by atoms with Crippen LogP contribution in [0.25, 0.3) is 11.0 Å². The number of nitrogens with zero attached hydrogens (tertiary/aromatic N) is 4. The maximum absolute atomic E-state index is 13.1. The number of pyridine rings is 1. The van der Waals surface area contributed by atoms with E-state index in [9.17, 15) is 9.59 Å². The molecule has 1 aliphatic carbocycles. The molecule has 2 aromatic heterocycles. The fourth-order valence-corrected chi connectivity index (χ4v) is 5.57. The van der Waals surface area contributed by atoms with E-state index in [4.69, 9.17) is 4.74 Å². The SMILES string of the molecule is CCN1CN(C2CCC(C=O)CC2)c2c(cnc3c2ccn3COCC[Si](C)(C)C)C1=O. The molecule has 0 saturated heterocycles. The minimum absolute atomic E-state index is 0.0499. The lowest BCUT2D eigenvalue weighted by Gasteiger charge is -2.44. The van der Waals surface area contributed by atoms with Gasteiger partial charge in [0, 0.05) is 51.0 Å². The number of carbonyl (C=O) groups is 2. The number of rotatable bonds is 8. The molecule has 174 valence electrons. The van der Waals surface area contributed by atoms with E-state index in [0.29, 0.717) is 31.5 Å². The van der Waals surface area contributed by atoms with Gasteiger partial charge >= 0.3 is 0 Å². The third-order valence-electron chi connectivity index (χ3n) is 6.87. The van der Waals surface area contributed by atoms with Gasteiger partial charge in [-0.05, 0) is 44.7 Å². The Morgan fingerprint density at radius 3 is 2.62 bits per heavy atom. The first-order valence-corrected chi connectivity index (χ1v) is 15.6. The zero-order valence-corrected chi connectivity index (χ0v) is 20.8. The van der Waals surface area contributed by atoms with Crippen LogP contribution < -0.4 is 4.90 Å². The normalized spacial score (nSPS) is 21.8. The molecule has 0 unspecified atom stereocenters. The number of amides is 1. The number of aldehydes is 1. The number of ether oxygens (including phenoxy) is 1. The van der Waals surface area contributed by atoms with Gasteiger partial charge < -0.3 is 23.9 Å². The van der Waals surface area contributed by atoms with E-state index in [1.807, 2.05) is 22.6 Å². The van der Waals surface area contributed by atoms with E-state index < -0.39 is 8.07 Å². The quantitative estimate of drug-likeness (QED) is 0.336. The Morgan fingerprint density at radius 2 is 1.97 bits per heavy atom. The molecule has 1 aliphatic heterocycles. The van der Waals surface area contributed by atoms with Crippen molar-refractivity contribution in [3.8, 4) is 0 Å². The predicted molar refractivity (Wildman–Crippen MR) is 130 cm³/mol. The van der Waals surface area contributed by atoms with Crippen LogP contribution in [0.2, 0.25) is 25.7 Å². The molecular formula is C24H36N4O3Si. The second-order valence-electron chi connectivity index (χ2n) is 10.4. The monoisotopic (exact) mass is 456 g/mol. The fraction of sp³-hybridized carbons (Fsp3) is 0.625. The molecule has 2 aliphatic rings. The molecule has 1 amide bonds. The van der Waals surface area contributed by atoms with Crippen LogP contribution >= 0.6 is 0 Å². The molecule has 0 N–H and O–H groups in total. The number of aromatic nitrogens is 2. The van der Waals surface area contributed by atoms with Crippen molar-refractivity contribution in [2.75, 3.05) is 24.7 Å². The summed E-state index contributed by atoms with van der Waals surface area (Å²) in [5.74, 6) is 0.222. The average molecular weight is 457 g/mol. The Hall–Kier alpha value is -2.19. The van der Waals surface area contributed by atoms with E-state index >= 15 is 0 Å². The average Bonchev–Trinajstić information content (AvgIpc) is 3.20. The molecule has 8 heteroatoms. The van der Waals surface area contributed by atoms with Gasteiger partial charge in [-0.2, -0.15) is 0 Å². The van der Waals surface area contributed by atoms with Crippen molar-refractivity contribution in [3.63, 3.8) is 0 Å². The van der Waals surface area contributed by atoms with Crippen molar-refractivity contribution in [2.45, 2.75) is 71.1 Å². The molecule has 0 atom stereocenters. The van der Waals surface area contributed by atoms with Crippen LogP contribution in [0.1, 0.15) is 43.0 Å². The van der Waals surface area contributed by atoms with Crippen molar-refractivity contribution in [1.82, 2.24) is 14.5 Å². The highest BCUT2D eigenvalue weighted by Gasteiger charge is 2.36.